The number of hydrogen-bond acceptors (Lipinski definition) is 5. The molecule has 0 radical (unpaired) electrons. The number of piperidine rings is 1. The van der Waals surface area contributed by atoms with Gasteiger partial charge in [0.25, 0.3) is 0 Å². The van der Waals surface area contributed by atoms with Crippen LogP contribution >= 0.6 is 0 Å². The third kappa shape index (κ3) is 1.88. The Kier molecular flexibility index (Phi) is 2.59. The van der Waals surface area contributed by atoms with Gasteiger partial charge in [-0.05, 0) is 6.42 Å². The second kappa shape index (κ2) is 3.92. The number of carbonyl (C=O) groups is 1. The molecule has 7 heteroatoms. The number of nitro groups is 1. The molecule has 0 bridgehead atoms. The largest absolute Gasteiger partial charge is 0.342 e. The number of nitrogens with zero attached hydrogens (tertiary/aromatic N) is 4. The lowest BCUT2D eigenvalue weighted by Crippen LogP contribution is -2.36. The Hall–Kier alpha value is -1.92. The number of Topliss-reactive ketones (excluding diaryl/α,β-unsaturated/α-hetero) is 1. The fourth-order valence-electron chi connectivity index (χ4n) is 1.84. The molecule has 0 N–H and O–H groups in total. The Bertz CT molecular complexity index is 440. The Morgan fingerprint density at radius 3 is 2.94 bits per heavy atom. The van der Waals surface area contributed by atoms with Gasteiger partial charge >= 0.3 is 5.69 Å². The first-order chi connectivity index (χ1) is 7.58. The van der Waals surface area contributed by atoms with E-state index in [9.17, 15) is 14.9 Å². The van der Waals surface area contributed by atoms with Crippen molar-refractivity contribution < 1.29 is 9.72 Å². The molecule has 16 heavy (non-hydrogen) atoms. The first-order valence-corrected chi connectivity index (χ1v) is 5.02. The summed E-state index contributed by atoms with van der Waals surface area (Å²) in [6.07, 6.45) is 2.64. The van der Waals surface area contributed by atoms with Crippen molar-refractivity contribution in [2.75, 3.05) is 18.0 Å². The van der Waals surface area contributed by atoms with Crippen LogP contribution in [0.2, 0.25) is 0 Å². The van der Waals surface area contributed by atoms with Gasteiger partial charge in [-0.25, -0.2) is 0 Å². The van der Waals surface area contributed by atoms with E-state index in [1.807, 2.05) is 0 Å². The summed E-state index contributed by atoms with van der Waals surface area (Å²) >= 11 is 0. The van der Waals surface area contributed by atoms with Crippen molar-refractivity contribution in [1.82, 2.24) is 9.78 Å². The molecule has 1 fully saturated rings. The van der Waals surface area contributed by atoms with E-state index in [0.29, 0.717) is 18.8 Å². The molecule has 1 aliphatic heterocycles. The normalized spacial score (nSPS) is 16.6. The molecule has 0 saturated carbocycles. The molecule has 1 aromatic heterocycles. The van der Waals surface area contributed by atoms with Gasteiger partial charge in [-0.15, -0.1) is 5.10 Å². The fourth-order valence-corrected chi connectivity index (χ4v) is 1.84. The van der Waals surface area contributed by atoms with Crippen molar-refractivity contribution in [2.24, 2.45) is 7.05 Å². The summed E-state index contributed by atoms with van der Waals surface area (Å²) < 4.78 is 1.40. The number of ketones is 1. The minimum absolute atomic E-state index is 0.0443. The lowest BCUT2D eigenvalue weighted by Gasteiger charge is -2.24. The monoisotopic (exact) mass is 224 g/mol. The maximum absolute atomic E-state index is 11.3. The molecule has 7 nitrogen and oxygen atoms in total. The predicted molar refractivity (Wildman–Crippen MR) is 56.3 cm³/mol. The first-order valence-electron chi connectivity index (χ1n) is 5.02. The molecular weight excluding hydrogens is 212 g/mol. The molecule has 0 aromatic carbocycles. The zero-order valence-corrected chi connectivity index (χ0v) is 8.92. The Balaban J connectivity index is 2.31. The highest BCUT2D eigenvalue weighted by Crippen LogP contribution is 2.27. The van der Waals surface area contributed by atoms with Crippen LogP contribution in [0.3, 0.4) is 0 Å². The van der Waals surface area contributed by atoms with E-state index in [0.717, 1.165) is 6.42 Å². The highest BCUT2D eigenvalue weighted by molar-refractivity contribution is 5.85. The van der Waals surface area contributed by atoms with E-state index in [4.69, 9.17) is 0 Å². The van der Waals surface area contributed by atoms with E-state index >= 15 is 0 Å². The number of aryl methyl sites for hydroxylation is 1. The van der Waals surface area contributed by atoms with E-state index in [1.165, 1.54) is 10.9 Å². The van der Waals surface area contributed by atoms with Gasteiger partial charge < -0.3 is 4.90 Å². The van der Waals surface area contributed by atoms with Crippen LogP contribution in [-0.4, -0.2) is 33.6 Å². The summed E-state index contributed by atoms with van der Waals surface area (Å²) in [6.45, 7) is 0.863. The number of anilines is 1. The molecule has 1 aliphatic rings. The van der Waals surface area contributed by atoms with Crippen LogP contribution < -0.4 is 4.90 Å². The molecule has 1 saturated heterocycles. The maximum atomic E-state index is 11.3. The van der Waals surface area contributed by atoms with Gasteiger partial charge in [0, 0.05) is 20.0 Å². The third-order valence-electron chi connectivity index (χ3n) is 2.54. The van der Waals surface area contributed by atoms with Gasteiger partial charge in [-0.1, -0.05) is 0 Å². The fraction of sp³-hybridized carbons (Fsp3) is 0.556. The minimum atomic E-state index is -0.471. The van der Waals surface area contributed by atoms with Crippen LogP contribution in [0, 0.1) is 10.1 Å². The first kappa shape index (κ1) is 10.6. The smallest absolute Gasteiger partial charge is 0.330 e. The quantitative estimate of drug-likeness (QED) is 0.539. The van der Waals surface area contributed by atoms with Crippen molar-refractivity contribution in [3.8, 4) is 0 Å². The van der Waals surface area contributed by atoms with Crippen molar-refractivity contribution in [3.63, 3.8) is 0 Å². The van der Waals surface area contributed by atoms with E-state index < -0.39 is 4.92 Å². The summed E-state index contributed by atoms with van der Waals surface area (Å²) in [5, 5.41) is 14.8. The zero-order chi connectivity index (χ0) is 11.7. The average molecular weight is 224 g/mol. The SMILES string of the molecule is Cn1cc([N+](=O)[O-])c(N2CCCC(=O)C2)n1. The molecule has 1 aromatic rings. The lowest BCUT2D eigenvalue weighted by molar-refractivity contribution is -0.384. The number of rotatable bonds is 2. The van der Waals surface area contributed by atoms with Crippen LogP contribution in [0.5, 0.6) is 0 Å². The topological polar surface area (TPSA) is 81.3 Å². The molecule has 0 atom stereocenters. The van der Waals surface area contributed by atoms with E-state index in [2.05, 4.69) is 5.10 Å². The molecule has 0 spiro atoms. The van der Waals surface area contributed by atoms with Crippen LogP contribution in [0.25, 0.3) is 0 Å². The summed E-state index contributed by atoms with van der Waals surface area (Å²) in [5.41, 5.74) is -0.0443. The molecule has 2 heterocycles. The molecule has 0 unspecified atom stereocenters. The number of carbonyl (C=O) groups excluding carboxylic acids is 1. The van der Waals surface area contributed by atoms with Crippen molar-refractivity contribution in [1.29, 1.82) is 0 Å². The third-order valence-corrected chi connectivity index (χ3v) is 2.54. The number of aromatic nitrogens is 2. The minimum Gasteiger partial charge on any atom is -0.342 e. The number of hydrogen-bond donors (Lipinski definition) is 0. The predicted octanol–water partition coefficient (Wildman–Crippen LogP) is 0.498. The van der Waals surface area contributed by atoms with Gasteiger partial charge in [0.15, 0.2) is 5.78 Å². The summed E-state index contributed by atoms with van der Waals surface area (Å²) in [7, 11) is 1.63. The van der Waals surface area contributed by atoms with Gasteiger partial charge in [0.2, 0.25) is 5.82 Å². The highest BCUT2D eigenvalue weighted by atomic mass is 16.6. The Morgan fingerprint density at radius 1 is 1.56 bits per heavy atom. The molecule has 2 rings (SSSR count). The van der Waals surface area contributed by atoms with Crippen molar-refractivity contribution in [2.45, 2.75) is 12.8 Å². The Labute approximate surface area is 91.8 Å². The summed E-state index contributed by atoms with van der Waals surface area (Å²) in [6, 6.07) is 0. The van der Waals surface area contributed by atoms with Gasteiger partial charge in [0.05, 0.1) is 11.5 Å². The summed E-state index contributed by atoms with van der Waals surface area (Å²) in [5.74, 6) is 0.395. The maximum Gasteiger partial charge on any atom is 0.330 e. The standard InChI is InChI=1S/C9H12N4O3/c1-11-6-8(13(15)16)9(10-11)12-4-2-3-7(14)5-12/h6H,2-5H2,1H3. The van der Waals surface area contributed by atoms with Gasteiger partial charge in [0.1, 0.15) is 6.20 Å². The highest BCUT2D eigenvalue weighted by Gasteiger charge is 2.27. The Morgan fingerprint density at radius 2 is 2.31 bits per heavy atom. The van der Waals surface area contributed by atoms with Crippen LogP contribution in [0.15, 0.2) is 6.20 Å². The molecule has 0 amide bonds. The summed E-state index contributed by atoms with van der Waals surface area (Å²) in [4.78, 5) is 23.3. The average Bonchev–Trinajstić information content (AvgIpc) is 2.60. The van der Waals surface area contributed by atoms with Crippen LogP contribution in [-0.2, 0) is 11.8 Å². The van der Waals surface area contributed by atoms with E-state index in [-0.39, 0.29) is 18.0 Å². The molecule has 86 valence electrons. The second-order valence-corrected chi connectivity index (χ2v) is 3.83. The molecule has 0 aliphatic carbocycles. The van der Waals surface area contributed by atoms with Crippen LogP contribution in [0.4, 0.5) is 11.5 Å². The van der Waals surface area contributed by atoms with Gasteiger partial charge in [-0.3, -0.25) is 19.6 Å². The van der Waals surface area contributed by atoms with Crippen LogP contribution in [0.1, 0.15) is 12.8 Å². The zero-order valence-electron chi connectivity index (χ0n) is 8.92. The van der Waals surface area contributed by atoms with Crippen molar-refractivity contribution >= 4 is 17.3 Å². The van der Waals surface area contributed by atoms with E-state index in [1.54, 1.807) is 11.9 Å². The van der Waals surface area contributed by atoms with Crippen molar-refractivity contribution in [3.05, 3.63) is 16.3 Å². The second-order valence-electron chi connectivity index (χ2n) is 3.83. The lowest BCUT2D eigenvalue weighted by atomic mass is 10.1. The molecular formula is C9H12N4O3. The van der Waals surface area contributed by atoms with Gasteiger partial charge in [-0.2, -0.15) is 0 Å².